The van der Waals surface area contributed by atoms with E-state index in [1.54, 1.807) is 0 Å². The predicted molar refractivity (Wildman–Crippen MR) is 72.6 cm³/mol. The van der Waals surface area contributed by atoms with Crippen LogP contribution in [0.2, 0.25) is 0 Å². The van der Waals surface area contributed by atoms with Gasteiger partial charge in [0.15, 0.2) is 0 Å². The SMILES string of the molecule is CN(C)NC(CN)c1ccc2ccccc2c1. The Kier molecular flexibility index (Phi) is 3.74. The molecule has 3 N–H and O–H groups in total. The quantitative estimate of drug-likeness (QED) is 0.787. The van der Waals surface area contributed by atoms with E-state index in [-0.39, 0.29) is 6.04 Å². The summed E-state index contributed by atoms with van der Waals surface area (Å²) in [5.41, 5.74) is 10.3. The summed E-state index contributed by atoms with van der Waals surface area (Å²) in [5, 5.41) is 4.45. The smallest absolute Gasteiger partial charge is 0.0587 e. The minimum Gasteiger partial charge on any atom is -0.329 e. The summed E-state index contributed by atoms with van der Waals surface area (Å²) in [6.45, 7) is 0.580. The summed E-state index contributed by atoms with van der Waals surface area (Å²) < 4.78 is 0. The van der Waals surface area contributed by atoms with Gasteiger partial charge >= 0.3 is 0 Å². The van der Waals surface area contributed by atoms with Crippen molar-refractivity contribution in [3.05, 3.63) is 48.0 Å². The van der Waals surface area contributed by atoms with Crippen LogP contribution in [0.5, 0.6) is 0 Å². The van der Waals surface area contributed by atoms with Gasteiger partial charge in [-0.15, -0.1) is 0 Å². The highest BCUT2D eigenvalue weighted by atomic mass is 15.5. The fraction of sp³-hybridized carbons (Fsp3) is 0.286. The van der Waals surface area contributed by atoms with Crippen LogP contribution in [0.4, 0.5) is 0 Å². The summed E-state index contributed by atoms with van der Waals surface area (Å²) in [6, 6.07) is 15.0. The number of nitrogens with two attached hydrogens (primary N) is 1. The monoisotopic (exact) mass is 229 g/mol. The van der Waals surface area contributed by atoms with Gasteiger partial charge in [0.1, 0.15) is 0 Å². The van der Waals surface area contributed by atoms with Crippen molar-refractivity contribution < 1.29 is 0 Å². The molecule has 3 nitrogen and oxygen atoms in total. The summed E-state index contributed by atoms with van der Waals surface area (Å²) in [5.74, 6) is 0. The summed E-state index contributed by atoms with van der Waals surface area (Å²) in [7, 11) is 3.95. The molecule has 0 saturated heterocycles. The molecular formula is C14H19N3. The molecule has 0 amide bonds. The Hall–Kier alpha value is -1.42. The van der Waals surface area contributed by atoms with Gasteiger partial charge in [0.25, 0.3) is 0 Å². The van der Waals surface area contributed by atoms with Crippen molar-refractivity contribution in [3.63, 3.8) is 0 Å². The van der Waals surface area contributed by atoms with Crippen LogP contribution < -0.4 is 11.2 Å². The van der Waals surface area contributed by atoms with Gasteiger partial charge in [-0.2, -0.15) is 0 Å². The van der Waals surface area contributed by atoms with Gasteiger partial charge in [0.05, 0.1) is 6.04 Å². The standard InChI is InChI=1S/C14H19N3/c1-17(2)16-14(10-15)13-8-7-11-5-3-4-6-12(11)9-13/h3-9,14,16H,10,15H2,1-2H3. The first-order chi connectivity index (χ1) is 8.20. The number of fused-ring (bicyclic) bond motifs is 1. The van der Waals surface area contributed by atoms with E-state index >= 15 is 0 Å². The molecule has 2 rings (SSSR count). The first-order valence-electron chi connectivity index (χ1n) is 5.83. The molecule has 17 heavy (non-hydrogen) atoms. The van der Waals surface area contributed by atoms with Crippen LogP contribution in [0, 0.1) is 0 Å². The van der Waals surface area contributed by atoms with E-state index in [0.29, 0.717) is 6.54 Å². The molecule has 0 aliphatic heterocycles. The van der Waals surface area contributed by atoms with Crippen molar-refractivity contribution in [1.82, 2.24) is 10.4 Å². The average Bonchev–Trinajstić information content (AvgIpc) is 2.35. The second-order valence-electron chi connectivity index (χ2n) is 4.42. The summed E-state index contributed by atoms with van der Waals surface area (Å²) in [6.07, 6.45) is 0. The fourth-order valence-corrected chi connectivity index (χ4v) is 2.00. The maximum absolute atomic E-state index is 5.81. The van der Waals surface area contributed by atoms with E-state index in [1.807, 2.05) is 19.1 Å². The highest BCUT2D eigenvalue weighted by molar-refractivity contribution is 5.83. The molecule has 3 heteroatoms. The third-order valence-electron chi connectivity index (χ3n) is 2.83. The van der Waals surface area contributed by atoms with Gasteiger partial charge in [-0.25, -0.2) is 10.4 Å². The van der Waals surface area contributed by atoms with Gasteiger partial charge in [0.2, 0.25) is 0 Å². The largest absolute Gasteiger partial charge is 0.329 e. The van der Waals surface area contributed by atoms with Crippen molar-refractivity contribution in [2.45, 2.75) is 6.04 Å². The molecule has 0 fully saturated rings. The van der Waals surface area contributed by atoms with E-state index < -0.39 is 0 Å². The van der Waals surface area contributed by atoms with Gasteiger partial charge < -0.3 is 5.73 Å². The predicted octanol–water partition coefficient (Wildman–Crippen LogP) is 1.91. The lowest BCUT2D eigenvalue weighted by atomic mass is 10.0. The van der Waals surface area contributed by atoms with Crippen molar-refractivity contribution >= 4 is 10.8 Å². The second-order valence-corrected chi connectivity index (χ2v) is 4.42. The fourth-order valence-electron chi connectivity index (χ4n) is 2.00. The topological polar surface area (TPSA) is 41.3 Å². The molecule has 0 saturated carbocycles. The molecule has 90 valence electrons. The average molecular weight is 229 g/mol. The van der Waals surface area contributed by atoms with Crippen LogP contribution in [0.25, 0.3) is 10.8 Å². The number of nitrogens with one attached hydrogen (secondary N) is 1. The van der Waals surface area contributed by atoms with E-state index in [9.17, 15) is 0 Å². The number of nitrogens with zero attached hydrogens (tertiary/aromatic N) is 1. The van der Waals surface area contributed by atoms with Crippen molar-refractivity contribution in [1.29, 1.82) is 0 Å². The van der Waals surface area contributed by atoms with Gasteiger partial charge in [-0.05, 0) is 22.4 Å². The van der Waals surface area contributed by atoms with Crippen LogP contribution in [-0.4, -0.2) is 25.6 Å². The van der Waals surface area contributed by atoms with Gasteiger partial charge in [-0.3, -0.25) is 0 Å². The normalized spacial score (nSPS) is 13.2. The van der Waals surface area contributed by atoms with Crippen molar-refractivity contribution in [3.8, 4) is 0 Å². The third-order valence-corrected chi connectivity index (χ3v) is 2.83. The van der Waals surface area contributed by atoms with Crippen LogP contribution in [-0.2, 0) is 0 Å². The Morgan fingerprint density at radius 2 is 1.82 bits per heavy atom. The van der Waals surface area contributed by atoms with Crippen LogP contribution in [0.1, 0.15) is 11.6 Å². The van der Waals surface area contributed by atoms with E-state index in [0.717, 1.165) is 0 Å². The second kappa shape index (κ2) is 5.27. The molecule has 0 aliphatic carbocycles. The number of hydrogen-bond donors (Lipinski definition) is 2. The lowest BCUT2D eigenvalue weighted by molar-refractivity contribution is 0.246. The maximum Gasteiger partial charge on any atom is 0.0587 e. The zero-order valence-electron chi connectivity index (χ0n) is 10.4. The molecule has 0 aliphatic rings. The minimum absolute atomic E-state index is 0.162. The van der Waals surface area contributed by atoms with Crippen LogP contribution in [0.3, 0.4) is 0 Å². The highest BCUT2D eigenvalue weighted by Crippen LogP contribution is 2.19. The zero-order valence-corrected chi connectivity index (χ0v) is 10.4. The summed E-state index contributed by atoms with van der Waals surface area (Å²) in [4.78, 5) is 0. The molecular weight excluding hydrogens is 210 g/mol. The zero-order chi connectivity index (χ0) is 12.3. The molecule has 0 bridgehead atoms. The number of benzene rings is 2. The maximum atomic E-state index is 5.81. The molecule has 1 unspecified atom stereocenters. The number of hydrogen-bond acceptors (Lipinski definition) is 3. The lowest BCUT2D eigenvalue weighted by Gasteiger charge is -2.22. The van der Waals surface area contributed by atoms with Crippen molar-refractivity contribution in [2.75, 3.05) is 20.6 Å². The Balaban J connectivity index is 2.34. The Morgan fingerprint density at radius 1 is 1.12 bits per heavy atom. The van der Waals surface area contributed by atoms with Gasteiger partial charge in [-0.1, -0.05) is 36.4 Å². The van der Waals surface area contributed by atoms with E-state index in [4.69, 9.17) is 5.73 Å². The molecule has 2 aromatic rings. The minimum atomic E-state index is 0.162. The molecule has 0 aromatic heterocycles. The Morgan fingerprint density at radius 3 is 2.47 bits per heavy atom. The first kappa shape index (κ1) is 12.0. The van der Waals surface area contributed by atoms with Crippen LogP contribution >= 0.6 is 0 Å². The third kappa shape index (κ3) is 2.82. The van der Waals surface area contributed by atoms with Crippen LogP contribution in [0.15, 0.2) is 42.5 Å². The van der Waals surface area contributed by atoms with Gasteiger partial charge in [0, 0.05) is 20.6 Å². The van der Waals surface area contributed by atoms with E-state index in [2.05, 4.69) is 47.9 Å². The van der Waals surface area contributed by atoms with Crippen molar-refractivity contribution in [2.24, 2.45) is 5.73 Å². The highest BCUT2D eigenvalue weighted by Gasteiger charge is 2.10. The molecule has 2 aromatic carbocycles. The number of rotatable bonds is 4. The molecule has 0 radical (unpaired) electrons. The lowest BCUT2D eigenvalue weighted by Crippen LogP contribution is -2.37. The first-order valence-corrected chi connectivity index (χ1v) is 5.83. The molecule has 1 atom stereocenters. The number of hydrazine groups is 1. The Labute approximate surface area is 102 Å². The summed E-state index contributed by atoms with van der Waals surface area (Å²) >= 11 is 0. The van der Waals surface area contributed by atoms with E-state index in [1.165, 1.54) is 16.3 Å². The molecule has 0 heterocycles. The molecule has 0 spiro atoms. The Bertz CT molecular complexity index is 494.